The molecule has 0 N–H and O–H groups in total. The van der Waals surface area contributed by atoms with Crippen LogP contribution in [-0.2, 0) is 9.47 Å². The van der Waals surface area contributed by atoms with Crippen LogP contribution in [0.5, 0.6) is 0 Å². The summed E-state index contributed by atoms with van der Waals surface area (Å²) in [5, 5.41) is 20.9. The highest BCUT2D eigenvalue weighted by Gasteiger charge is 2.09. The number of aromatic nitrogens is 2. The number of pyridine rings is 2. The van der Waals surface area contributed by atoms with Gasteiger partial charge in [-0.1, -0.05) is 0 Å². The van der Waals surface area contributed by atoms with Gasteiger partial charge in [-0.15, -0.1) is 0 Å². The van der Waals surface area contributed by atoms with Crippen LogP contribution >= 0.6 is 0 Å². The molecule has 2 aromatic rings. The molecule has 1 fully saturated rings. The zero-order valence-corrected chi connectivity index (χ0v) is 12.5. The van der Waals surface area contributed by atoms with E-state index in [0.717, 1.165) is 38.8 Å². The van der Waals surface area contributed by atoms with Crippen LogP contribution in [0.3, 0.4) is 0 Å². The van der Waals surface area contributed by atoms with Gasteiger partial charge in [-0.3, -0.25) is 20.2 Å². The summed E-state index contributed by atoms with van der Waals surface area (Å²) in [5.41, 5.74) is 0.576. The molecule has 1 aliphatic heterocycles. The molecule has 0 aromatic carbocycles. The predicted molar refractivity (Wildman–Crippen MR) is 82.4 cm³/mol. The molecule has 1 aliphatic rings. The van der Waals surface area contributed by atoms with Gasteiger partial charge in [0.25, 0.3) is 11.4 Å². The Balaban J connectivity index is 0.000000292. The van der Waals surface area contributed by atoms with Crippen LogP contribution < -0.4 is 0 Å². The summed E-state index contributed by atoms with van der Waals surface area (Å²) in [4.78, 5) is 27.5. The van der Waals surface area contributed by atoms with Gasteiger partial charge in [0.05, 0.1) is 47.7 Å². The van der Waals surface area contributed by atoms with E-state index in [1.165, 1.54) is 24.3 Å². The van der Waals surface area contributed by atoms with Crippen molar-refractivity contribution in [2.45, 2.75) is 0 Å². The van der Waals surface area contributed by atoms with E-state index in [-0.39, 0.29) is 11.4 Å². The molecule has 24 heavy (non-hydrogen) atoms. The summed E-state index contributed by atoms with van der Waals surface area (Å²) < 4.78 is 9.89. The Hall–Kier alpha value is -2.98. The summed E-state index contributed by atoms with van der Waals surface area (Å²) in [6.45, 7) is 3.11. The molecule has 3 rings (SSSR count). The summed E-state index contributed by atoms with van der Waals surface area (Å²) in [6, 6.07) is 5.47. The first-order valence-electron chi connectivity index (χ1n) is 6.94. The Bertz CT molecular complexity index is 618. The van der Waals surface area contributed by atoms with Crippen LogP contribution in [0, 0.1) is 20.2 Å². The zero-order valence-electron chi connectivity index (χ0n) is 12.5. The van der Waals surface area contributed by atoms with Crippen molar-refractivity contribution >= 4 is 11.4 Å². The lowest BCUT2D eigenvalue weighted by molar-refractivity contribution is -0.385. The molecule has 0 saturated carbocycles. The molecule has 0 spiro atoms. The first-order chi connectivity index (χ1) is 11.6. The van der Waals surface area contributed by atoms with Crippen LogP contribution in [0.25, 0.3) is 11.4 Å². The van der Waals surface area contributed by atoms with E-state index in [2.05, 4.69) is 9.97 Å². The van der Waals surface area contributed by atoms with Gasteiger partial charge in [-0.2, -0.15) is 0 Å². The van der Waals surface area contributed by atoms with Crippen molar-refractivity contribution in [2.75, 3.05) is 26.4 Å². The van der Waals surface area contributed by atoms with Gasteiger partial charge >= 0.3 is 0 Å². The van der Waals surface area contributed by atoms with Gasteiger partial charge in [-0.05, 0) is 12.1 Å². The molecule has 0 amide bonds. The monoisotopic (exact) mass is 334 g/mol. The lowest BCUT2D eigenvalue weighted by Crippen LogP contribution is -2.16. The second-order valence-electron chi connectivity index (χ2n) is 4.54. The summed E-state index contributed by atoms with van der Waals surface area (Å²) in [7, 11) is 0. The molecular weight excluding hydrogens is 320 g/mol. The smallest absolute Gasteiger partial charge is 0.287 e. The maximum atomic E-state index is 10.4. The fraction of sp³-hybridized carbons (Fsp3) is 0.286. The van der Waals surface area contributed by atoms with Crippen molar-refractivity contribution in [3.8, 4) is 11.4 Å². The SMILES string of the molecule is C1COCCO1.O=[N+]([O-])c1ccc(-c2ccc([N+](=O)[O-])cn2)nc1. The molecule has 0 atom stereocenters. The summed E-state index contributed by atoms with van der Waals surface area (Å²) in [5.74, 6) is 0. The Morgan fingerprint density at radius 1 is 0.750 bits per heavy atom. The third-order valence-corrected chi connectivity index (χ3v) is 2.92. The average Bonchev–Trinajstić information content (AvgIpc) is 2.64. The second-order valence-corrected chi connectivity index (χ2v) is 4.54. The highest BCUT2D eigenvalue weighted by molar-refractivity contribution is 5.56. The van der Waals surface area contributed by atoms with Crippen LogP contribution in [-0.4, -0.2) is 46.2 Å². The summed E-state index contributed by atoms with van der Waals surface area (Å²) >= 11 is 0. The van der Waals surface area contributed by atoms with Crippen molar-refractivity contribution in [1.82, 2.24) is 9.97 Å². The minimum Gasteiger partial charge on any atom is -0.377 e. The number of nitro groups is 2. The lowest BCUT2D eigenvalue weighted by Gasteiger charge is -2.09. The van der Waals surface area contributed by atoms with E-state index in [4.69, 9.17) is 9.47 Å². The highest BCUT2D eigenvalue weighted by Crippen LogP contribution is 2.19. The van der Waals surface area contributed by atoms with Crippen LogP contribution in [0.15, 0.2) is 36.7 Å². The van der Waals surface area contributed by atoms with Gasteiger partial charge in [-0.25, -0.2) is 9.97 Å². The molecule has 0 bridgehead atoms. The third kappa shape index (κ3) is 5.04. The van der Waals surface area contributed by atoms with Gasteiger partial charge in [0, 0.05) is 12.1 Å². The van der Waals surface area contributed by atoms with Crippen molar-refractivity contribution in [3.05, 3.63) is 56.9 Å². The first kappa shape index (κ1) is 17.4. The maximum Gasteiger partial charge on any atom is 0.287 e. The Morgan fingerprint density at radius 3 is 1.33 bits per heavy atom. The van der Waals surface area contributed by atoms with E-state index in [0.29, 0.717) is 11.4 Å². The van der Waals surface area contributed by atoms with Crippen molar-refractivity contribution < 1.29 is 19.3 Å². The fourth-order valence-electron chi connectivity index (χ4n) is 1.73. The Morgan fingerprint density at radius 2 is 1.12 bits per heavy atom. The van der Waals surface area contributed by atoms with Gasteiger partial charge in [0.1, 0.15) is 12.4 Å². The van der Waals surface area contributed by atoms with E-state index < -0.39 is 9.85 Å². The number of rotatable bonds is 3. The van der Waals surface area contributed by atoms with Gasteiger partial charge in [0.2, 0.25) is 0 Å². The van der Waals surface area contributed by atoms with Crippen LogP contribution in [0.2, 0.25) is 0 Å². The standard InChI is InChI=1S/C10H6N4O4.C4H8O2/c15-13(16)7-1-3-9(11-5-7)10-4-2-8(6-12-10)14(17)18;1-2-6-4-3-5-1/h1-6H;1-4H2. The zero-order chi connectivity index (χ0) is 17.4. The molecule has 3 heterocycles. The average molecular weight is 334 g/mol. The number of hydrogen-bond donors (Lipinski definition) is 0. The van der Waals surface area contributed by atoms with E-state index in [9.17, 15) is 20.2 Å². The predicted octanol–water partition coefficient (Wildman–Crippen LogP) is 1.99. The molecule has 126 valence electrons. The minimum atomic E-state index is -0.556. The van der Waals surface area contributed by atoms with Gasteiger partial charge < -0.3 is 9.47 Å². The molecule has 0 unspecified atom stereocenters. The minimum absolute atomic E-state index is 0.124. The van der Waals surface area contributed by atoms with E-state index in [1.54, 1.807) is 0 Å². The molecular formula is C14H14N4O6. The second kappa shape index (κ2) is 8.60. The number of hydrogen-bond acceptors (Lipinski definition) is 8. The molecule has 0 aliphatic carbocycles. The lowest BCUT2D eigenvalue weighted by atomic mass is 10.2. The highest BCUT2D eigenvalue weighted by atomic mass is 16.6. The topological polar surface area (TPSA) is 131 Å². The van der Waals surface area contributed by atoms with Gasteiger partial charge in [0.15, 0.2) is 0 Å². The van der Waals surface area contributed by atoms with Crippen molar-refractivity contribution in [3.63, 3.8) is 0 Å². The molecule has 0 radical (unpaired) electrons. The van der Waals surface area contributed by atoms with Crippen molar-refractivity contribution in [1.29, 1.82) is 0 Å². The van der Waals surface area contributed by atoms with E-state index in [1.807, 2.05) is 0 Å². The summed E-state index contributed by atoms with van der Waals surface area (Å²) in [6.07, 6.45) is 2.22. The number of nitrogens with zero attached hydrogens (tertiary/aromatic N) is 4. The quantitative estimate of drug-likeness (QED) is 0.615. The maximum absolute atomic E-state index is 10.4. The third-order valence-electron chi connectivity index (χ3n) is 2.92. The molecule has 2 aromatic heterocycles. The number of ether oxygens (including phenoxy) is 2. The fourth-order valence-corrected chi connectivity index (χ4v) is 1.73. The normalized spacial score (nSPS) is 13.5. The Kier molecular flexibility index (Phi) is 6.23. The molecule has 10 nitrogen and oxygen atoms in total. The first-order valence-corrected chi connectivity index (χ1v) is 6.94. The molecule has 10 heteroatoms. The molecule has 1 saturated heterocycles. The van der Waals surface area contributed by atoms with Crippen LogP contribution in [0.1, 0.15) is 0 Å². The van der Waals surface area contributed by atoms with Crippen LogP contribution in [0.4, 0.5) is 11.4 Å². The Labute approximate surface area is 136 Å². The largest absolute Gasteiger partial charge is 0.377 e. The van der Waals surface area contributed by atoms with E-state index >= 15 is 0 Å². The van der Waals surface area contributed by atoms with Crippen molar-refractivity contribution in [2.24, 2.45) is 0 Å².